The molecule has 3 rings (SSSR count). The number of nitrogens with zero attached hydrogens (tertiary/aromatic N) is 6. The fourth-order valence-electron chi connectivity index (χ4n) is 3.12. The van der Waals surface area contributed by atoms with E-state index in [2.05, 4.69) is 40.3 Å². The van der Waals surface area contributed by atoms with Crippen molar-refractivity contribution < 1.29 is 0 Å². The van der Waals surface area contributed by atoms with E-state index in [9.17, 15) is 0 Å². The molecule has 2 aromatic heterocycles. The largest absolute Gasteiger partial charge is 0.356 e. The standard InChI is InChI=1S/C16H25N7S/c1-11-20-21-15-6-5-13(8-23(11)15)7-18-16(17-3)22(4)9-14-10-24-12(2)19-14/h10,13H,5-9H2,1-4H3,(H,17,18). The third-order valence-corrected chi connectivity index (χ3v) is 5.24. The molecule has 2 aromatic rings. The molecule has 1 atom stereocenters. The summed E-state index contributed by atoms with van der Waals surface area (Å²) < 4.78 is 2.24. The van der Waals surface area contributed by atoms with Gasteiger partial charge in [-0.1, -0.05) is 0 Å². The van der Waals surface area contributed by atoms with Crippen molar-refractivity contribution in [3.8, 4) is 0 Å². The molecular formula is C16H25N7S. The first kappa shape index (κ1) is 16.9. The van der Waals surface area contributed by atoms with Crippen molar-refractivity contribution in [1.29, 1.82) is 0 Å². The highest BCUT2D eigenvalue weighted by Gasteiger charge is 2.22. The lowest BCUT2D eigenvalue weighted by Crippen LogP contribution is -2.42. The van der Waals surface area contributed by atoms with Crippen molar-refractivity contribution in [2.75, 3.05) is 20.6 Å². The lowest BCUT2D eigenvalue weighted by molar-refractivity contribution is 0.352. The topological polar surface area (TPSA) is 71.2 Å². The minimum absolute atomic E-state index is 0.568. The highest BCUT2D eigenvalue weighted by Crippen LogP contribution is 2.19. The number of hydrogen-bond donors (Lipinski definition) is 1. The Labute approximate surface area is 146 Å². The first-order valence-corrected chi connectivity index (χ1v) is 9.16. The number of aliphatic imine (C=N–C) groups is 1. The predicted molar refractivity (Wildman–Crippen MR) is 96.2 cm³/mol. The number of fused-ring (bicyclic) bond motifs is 1. The molecule has 1 aliphatic rings. The SMILES string of the molecule is CN=C(NCC1CCc2nnc(C)n2C1)N(C)Cc1csc(C)n1. The van der Waals surface area contributed by atoms with E-state index in [4.69, 9.17) is 0 Å². The van der Waals surface area contributed by atoms with E-state index in [1.807, 2.05) is 27.9 Å². The second-order valence-electron chi connectivity index (χ2n) is 6.32. The van der Waals surface area contributed by atoms with Crippen molar-refractivity contribution >= 4 is 17.3 Å². The molecule has 0 saturated heterocycles. The first-order valence-electron chi connectivity index (χ1n) is 8.28. The van der Waals surface area contributed by atoms with Gasteiger partial charge in [0.1, 0.15) is 11.6 Å². The molecule has 0 aliphatic carbocycles. The summed E-state index contributed by atoms with van der Waals surface area (Å²) in [6.07, 6.45) is 2.14. The molecule has 1 N–H and O–H groups in total. The van der Waals surface area contributed by atoms with Crippen LogP contribution in [0.25, 0.3) is 0 Å². The Morgan fingerprint density at radius 3 is 3.00 bits per heavy atom. The number of guanidine groups is 1. The van der Waals surface area contributed by atoms with E-state index in [1.54, 1.807) is 11.3 Å². The van der Waals surface area contributed by atoms with Crippen LogP contribution < -0.4 is 5.32 Å². The van der Waals surface area contributed by atoms with Gasteiger partial charge in [0.05, 0.1) is 17.2 Å². The van der Waals surface area contributed by atoms with Crippen LogP contribution in [-0.4, -0.2) is 51.2 Å². The Balaban J connectivity index is 1.54. The minimum Gasteiger partial charge on any atom is -0.356 e. The Kier molecular flexibility index (Phi) is 5.13. The van der Waals surface area contributed by atoms with Crippen LogP contribution in [0.5, 0.6) is 0 Å². The van der Waals surface area contributed by atoms with Gasteiger partial charge in [0, 0.05) is 39.0 Å². The fraction of sp³-hybridized carbons (Fsp3) is 0.625. The quantitative estimate of drug-likeness (QED) is 0.672. The Hall–Kier alpha value is -1.96. The minimum atomic E-state index is 0.568. The smallest absolute Gasteiger partial charge is 0.193 e. The van der Waals surface area contributed by atoms with E-state index >= 15 is 0 Å². The Morgan fingerprint density at radius 1 is 1.46 bits per heavy atom. The maximum Gasteiger partial charge on any atom is 0.193 e. The lowest BCUT2D eigenvalue weighted by Gasteiger charge is -2.27. The highest BCUT2D eigenvalue weighted by atomic mass is 32.1. The van der Waals surface area contributed by atoms with Crippen molar-refractivity contribution in [3.05, 3.63) is 27.7 Å². The van der Waals surface area contributed by atoms with Crippen LogP contribution in [0.3, 0.4) is 0 Å². The second kappa shape index (κ2) is 7.29. The average molecular weight is 347 g/mol. The van der Waals surface area contributed by atoms with Gasteiger partial charge in [-0.2, -0.15) is 0 Å². The van der Waals surface area contributed by atoms with E-state index in [1.165, 1.54) is 0 Å². The summed E-state index contributed by atoms with van der Waals surface area (Å²) in [7, 11) is 3.88. The van der Waals surface area contributed by atoms with Gasteiger partial charge in [-0.25, -0.2) is 4.98 Å². The molecule has 0 aromatic carbocycles. The number of thiazole rings is 1. The van der Waals surface area contributed by atoms with Gasteiger partial charge in [-0.15, -0.1) is 21.5 Å². The molecule has 0 amide bonds. The van der Waals surface area contributed by atoms with E-state index in [0.29, 0.717) is 5.92 Å². The van der Waals surface area contributed by atoms with Gasteiger partial charge in [0.2, 0.25) is 0 Å². The van der Waals surface area contributed by atoms with Crippen LogP contribution in [0.2, 0.25) is 0 Å². The Morgan fingerprint density at radius 2 is 2.29 bits per heavy atom. The van der Waals surface area contributed by atoms with Gasteiger partial charge in [-0.3, -0.25) is 4.99 Å². The summed E-state index contributed by atoms with van der Waals surface area (Å²) in [4.78, 5) is 11.0. The third-order valence-electron chi connectivity index (χ3n) is 4.42. The van der Waals surface area contributed by atoms with Crippen LogP contribution in [0.15, 0.2) is 10.4 Å². The summed E-state index contributed by atoms with van der Waals surface area (Å²) in [5, 5.41) is 15.1. The van der Waals surface area contributed by atoms with Crippen molar-refractivity contribution in [2.45, 2.75) is 39.8 Å². The van der Waals surface area contributed by atoms with Crippen LogP contribution in [0.4, 0.5) is 0 Å². The van der Waals surface area contributed by atoms with Crippen molar-refractivity contribution in [1.82, 2.24) is 30.0 Å². The summed E-state index contributed by atoms with van der Waals surface area (Å²) >= 11 is 1.68. The molecule has 0 fully saturated rings. The zero-order chi connectivity index (χ0) is 17.1. The molecule has 0 saturated carbocycles. The summed E-state index contributed by atoms with van der Waals surface area (Å²) in [6, 6.07) is 0. The van der Waals surface area contributed by atoms with Gasteiger partial charge in [0.15, 0.2) is 5.96 Å². The van der Waals surface area contributed by atoms with Crippen LogP contribution in [0.1, 0.15) is 28.8 Å². The third kappa shape index (κ3) is 3.75. The molecule has 8 heteroatoms. The second-order valence-corrected chi connectivity index (χ2v) is 7.38. The number of aromatic nitrogens is 4. The fourth-order valence-corrected chi connectivity index (χ4v) is 3.72. The molecule has 24 heavy (non-hydrogen) atoms. The predicted octanol–water partition coefficient (Wildman–Crippen LogP) is 1.62. The van der Waals surface area contributed by atoms with E-state index in [-0.39, 0.29) is 0 Å². The molecule has 3 heterocycles. The number of aryl methyl sites for hydroxylation is 3. The van der Waals surface area contributed by atoms with E-state index in [0.717, 1.165) is 60.8 Å². The lowest BCUT2D eigenvalue weighted by atomic mass is 9.99. The highest BCUT2D eigenvalue weighted by molar-refractivity contribution is 7.09. The van der Waals surface area contributed by atoms with Crippen LogP contribution >= 0.6 is 11.3 Å². The number of rotatable bonds is 4. The average Bonchev–Trinajstić information content (AvgIpc) is 3.14. The van der Waals surface area contributed by atoms with Gasteiger partial charge < -0.3 is 14.8 Å². The van der Waals surface area contributed by atoms with Gasteiger partial charge in [0.25, 0.3) is 0 Å². The first-order chi connectivity index (χ1) is 11.6. The number of nitrogens with one attached hydrogen (secondary N) is 1. The molecule has 0 radical (unpaired) electrons. The molecule has 0 spiro atoms. The summed E-state index contributed by atoms with van der Waals surface area (Å²) in [6.45, 7) is 6.71. The molecule has 1 aliphatic heterocycles. The normalized spacial score (nSPS) is 17.7. The van der Waals surface area contributed by atoms with Crippen LogP contribution in [0, 0.1) is 19.8 Å². The molecule has 0 bridgehead atoms. The van der Waals surface area contributed by atoms with Crippen molar-refractivity contribution in [2.24, 2.45) is 10.9 Å². The maximum absolute atomic E-state index is 4.52. The van der Waals surface area contributed by atoms with Crippen molar-refractivity contribution in [3.63, 3.8) is 0 Å². The summed E-state index contributed by atoms with van der Waals surface area (Å²) in [5.41, 5.74) is 1.09. The zero-order valence-corrected chi connectivity index (χ0v) is 15.6. The number of hydrogen-bond acceptors (Lipinski definition) is 5. The summed E-state index contributed by atoms with van der Waals surface area (Å²) in [5.74, 6) is 3.60. The molecule has 130 valence electrons. The zero-order valence-electron chi connectivity index (χ0n) is 14.8. The van der Waals surface area contributed by atoms with Crippen LogP contribution in [-0.2, 0) is 19.5 Å². The van der Waals surface area contributed by atoms with E-state index < -0.39 is 0 Å². The molecule has 1 unspecified atom stereocenters. The van der Waals surface area contributed by atoms with Gasteiger partial charge in [-0.05, 0) is 26.2 Å². The molecular weight excluding hydrogens is 322 g/mol. The molecule has 7 nitrogen and oxygen atoms in total. The Bertz CT molecular complexity index is 718. The maximum atomic E-state index is 4.52. The van der Waals surface area contributed by atoms with Gasteiger partial charge >= 0.3 is 0 Å². The monoisotopic (exact) mass is 347 g/mol.